The Morgan fingerprint density at radius 3 is 2.42 bits per heavy atom. The van der Waals surface area contributed by atoms with Gasteiger partial charge in [-0.2, -0.15) is 0 Å². The van der Waals surface area contributed by atoms with Gasteiger partial charge in [-0.25, -0.2) is 9.78 Å². The molecule has 1 N–H and O–H groups in total. The second-order valence-corrected chi connectivity index (χ2v) is 11.1. The van der Waals surface area contributed by atoms with E-state index in [4.69, 9.17) is 4.74 Å². The van der Waals surface area contributed by atoms with Crippen molar-refractivity contribution in [1.29, 1.82) is 0 Å². The number of benzene rings is 2. The molecule has 2 aromatic heterocycles. The minimum Gasteiger partial charge on any atom is -0.456 e. The number of nitrogens with zero attached hydrogens (tertiary/aromatic N) is 2. The number of thiophene rings is 1. The molecule has 9 heteroatoms. The fourth-order valence-electron chi connectivity index (χ4n) is 3.39. The Labute approximate surface area is 217 Å². The molecule has 0 saturated heterocycles. The lowest BCUT2D eigenvalue weighted by atomic mass is 10.1. The molecule has 4 rings (SSSR count). The van der Waals surface area contributed by atoms with Crippen molar-refractivity contribution in [2.24, 2.45) is 0 Å². The summed E-state index contributed by atoms with van der Waals surface area (Å²) < 4.78 is 6.90. The maximum atomic E-state index is 13.3. The van der Waals surface area contributed by atoms with Crippen molar-refractivity contribution in [1.82, 2.24) is 14.9 Å². The Balaban J connectivity index is 1.55. The number of aromatic nitrogens is 2. The third-order valence-electron chi connectivity index (χ3n) is 5.17. The van der Waals surface area contributed by atoms with Gasteiger partial charge in [-0.05, 0) is 69.0 Å². The topological polar surface area (TPSA) is 90.3 Å². The molecule has 4 aromatic rings. The first kappa shape index (κ1) is 25.7. The van der Waals surface area contributed by atoms with Crippen molar-refractivity contribution >= 4 is 45.2 Å². The van der Waals surface area contributed by atoms with E-state index in [2.05, 4.69) is 10.3 Å². The number of aryl methyl sites for hydroxylation is 1. The van der Waals surface area contributed by atoms with Crippen LogP contribution in [0.5, 0.6) is 0 Å². The van der Waals surface area contributed by atoms with Gasteiger partial charge in [-0.3, -0.25) is 14.2 Å². The van der Waals surface area contributed by atoms with Crippen LogP contribution >= 0.6 is 23.1 Å². The van der Waals surface area contributed by atoms with Crippen LogP contribution in [-0.4, -0.2) is 32.8 Å². The van der Waals surface area contributed by atoms with Crippen molar-refractivity contribution in [3.8, 4) is 5.69 Å². The molecule has 2 aromatic carbocycles. The van der Waals surface area contributed by atoms with Gasteiger partial charge >= 0.3 is 5.97 Å². The summed E-state index contributed by atoms with van der Waals surface area (Å²) in [6, 6.07) is 16.3. The summed E-state index contributed by atoms with van der Waals surface area (Å²) in [6.07, 6.45) is 0. The van der Waals surface area contributed by atoms with Gasteiger partial charge in [-0.1, -0.05) is 41.6 Å². The third kappa shape index (κ3) is 6.22. The number of hydrogen-bond donors (Lipinski definition) is 1. The Morgan fingerprint density at radius 1 is 1.06 bits per heavy atom. The minimum atomic E-state index is -0.607. The summed E-state index contributed by atoms with van der Waals surface area (Å²) in [5.74, 6) is -0.494. The molecule has 0 fully saturated rings. The largest absolute Gasteiger partial charge is 0.456 e. The van der Waals surface area contributed by atoms with Gasteiger partial charge in [0.05, 0.1) is 22.4 Å². The van der Waals surface area contributed by atoms with E-state index in [0.29, 0.717) is 33.2 Å². The first-order chi connectivity index (χ1) is 17.1. The molecule has 0 bridgehead atoms. The van der Waals surface area contributed by atoms with Gasteiger partial charge in [0.25, 0.3) is 5.56 Å². The number of carbonyl (C=O) groups is 2. The highest BCUT2D eigenvalue weighted by molar-refractivity contribution is 7.99. The number of nitrogens with one attached hydrogen (secondary N) is 1. The van der Waals surface area contributed by atoms with E-state index in [-0.39, 0.29) is 17.2 Å². The summed E-state index contributed by atoms with van der Waals surface area (Å²) in [5.41, 5.74) is 2.27. The molecule has 186 valence electrons. The van der Waals surface area contributed by atoms with Gasteiger partial charge in [-0.15, -0.1) is 11.3 Å². The predicted molar refractivity (Wildman–Crippen MR) is 144 cm³/mol. The molecule has 0 aliphatic carbocycles. The maximum absolute atomic E-state index is 13.3. The number of thioether (sulfide) groups is 1. The van der Waals surface area contributed by atoms with Crippen LogP contribution in [-0.2, 0) is 16.1 Å². The summed E-state index contributed by atoms with van der Waals surface area (Å²) in [6.45, 7) is 7.86. The molecule has 1 amide bonds. The number of hydrogen-bond acceptors (Lipinski definition) is 7. The highest BCUT2D eigenvalue weighted by atomic mass is 32.2. The van der Waals surface area contributed by atoms with E-state index >= 15 is 0 Å². The second kappa shape index (κ2) is 10.7. The van der Waals surface area contributed by atoms with Gasteiger partial charge in [0.15, 0.2) is 5.16 Å². The normalized spacial score (nSPS) is 11.4. The number of esters is 1. The minimum absolute atomic E-state index is 0.102. The van der Waals surface area contributed by atoms with Crippen LogP contribution in [0, 0.1) is 6.92 Å². The zero-order valence-electron chi connectivity index (χ0n) is 20.5. The van der Waals surface area contributed by atoms with Crippen LogP contribution in [0.4, 0.5) is 0 Å². The zero-order valence-corrected chi connectivity index (χ0v) is 22.2. The van der Waals surface area contributed by atoms with E-state index in [1.807, 2.05) is 36.6 Å². The van der Waals surface area contributed by atoms with Gasteiger partial charge < -0.3 is 10.1 Å². The lowest BCUT2D eigenvalue weighted by molar-refractivity contribution is -0.118. The monoisotopic (exact) mass is 521 g/mol. The fourth-order valence-corrected chi connectivity index (χ4v) is 5.04. The van der Waals surface area contributed by atoms with E-state index in [1.54, 1.807) is 51.1 Å². The maximum Gasteiger partial charge on any atom is 0.338 e. The smallest absolute Gasteiger partial charge is 0.338 e. The SMILES string of the molecule is Cc1ccc(CNC(=O)CSc2nc3sccc3c(=O)n2-c2ccc(C(=O)OC(C)(C)C)cc2)cc1. The van der Waals surface area contributed by atoms with Crippen molar-refractivity contribution in [2.75, 3.05) is 5.75 Å². The Morgan fingerprint density at radius 2 is 1.75 bits per heavy atom. The number of amides is 1. The van der Waals surface area contributed by atoms with Gasteiger partial charge in [0.1, 0.15) is 10.4 Å². The van der Waals surface area contributed by atoms with Gasteiger partial charge in [0.2, 0.25) is 5.91 Å². The highest BCUT2D eigenvalue weighted by Gasteiger charge is 2.19. The summed E-state index contributed by atoms with van der Waals surface area (Å²) in [4.78, 5) is 43.5. The van der Waals surface area contributed by atoms with Crippen LogP contribution in [0.3, 0.4) is 0 Å². The molecule has 36 heavy (non-hydrogen) atoms. The molecule has 0 radical (unpaired) electrons. The molecule has 0 aliphatic rings. The van der Waals surface area contributed by atoms with E-state index in [1.165, 1.54) is 27.7 Å². The van der Waals surface area contributed by atoms with E-state index in [9.17, 15) is 14.4 Å². The molecule has 0 aliphatic heterocycles. The number of carbonyl (C=O) groups excluding carboxylic acids is 2. The molecule has 7 nitrogen and oxygen atoms in total. The van der Waals surface area contributed by atoms with Crippen molar-refractivity contribution in [3.63, 3.8) is 0 Å². The standard InChI is InChI=1S/C27H27N3O4S2/c1-17-5-7-18(8-6-17)15-28-22(31)16-36-26-29-23-21(13-14-35-23)24(32)30(26)20-11-9-19(10-12-20)25(33)34-27(2,3)4/h5-14H,15-16H2,1-4H3,(H,28,31). The van der Waals surface area contributed by atoms with Crippen LogP contribution in [0.2, 0.25) is 0 Å². The molecule has 2 heterocycles. The predicted octanol–water partition coefficient (Wildman–Crippen LogP) is 5.12. The lowest BCUT2D eigenvalue weighted by Gasteiger charge is -2.19. The summed E-state index contributed by atoms with van der Waals surface area (Å²) in [5, 5.41) is 5.64. The van der Waals surface area contributed by atoms with Crippen LogP contribution in [0.1, 0.15) is 42.3 Å². The van der Waals surface area contributed by atoms with Crippen molar-refractivity contribution in [3.05, 3.63) is 87.0 Å². The molecular weight excluding hydrogens is 494 g/mol. The lowest BCUT2D eigenvalue weighted by Crippen LogP contribution is -2.26. The summed E-state index contributed by atoms with van der Waals surface area (Å²) >= 11 is 2.57. The Bertz CT molecular complexity index is 1450. The van der Waals surface area contributed by atoms with Crippen LogP contribution < -0.4 is 10.9 Å². The summed E-state index contributed by atoms with van der Waals surface area (Å²) in [7, 11) is 0. The molecule has 0 spiro atoms. The van der Waals surface area contributed by atoms with Crippen molar-refractivity contribution < 1.29 is 14.3 Å². The van der Waals surface area contributed by atoms with E-state index in [0.717, 1.165) is 11.1 Å². The number of fused-ring (bicyclic) bond motifs is 1. The average molecular weight is 522 g/mol. The highest BCUT2D eigenvalue weighted by Crippen LogP contribution is 2.24. The number of rotatable bonds is 7. The van der Waals surface area contributed by atoms with Gasteiger partial charge in [0, 0.05) is 6.54 Å². The quantitative estimate of drug-likeness (QED) is 0.206. The third-order valence-corrected chi connectivity index (χ3v) is 6.91. The van der Waals surface area contributed by atoms with Crippen molar-refractivity contribution in [2.45, 2.75) is 45.0 Å². The fraction of sp³-hybridized carbons (Fsp3) is 0.259. The van der Waals surface area contributed by atoms with Crippen LogP contribution in [0.25, 0.3) is 15.9 Å². The first-order valence-corrected chi connectivity index (χ1v) is 13.3. The Kier molecular flexibility index (Phi) is 7.61. The second-order valence-electron chi connectivity index (χ2n) is 9.27. The average Bonchev–Trinajstić information content (AvgIpc) is 3.31. The molecule has 0 atom stereocenters. The molecule has 0 unspecified atom stereocenters. The Hall–Kier alpha value is -3.43. The first-order valence-electron chi connectivity index (χ1n) is 11.4. The molecule has 0 saturated carbocycles. The number of ether oxygens (including phenoxy) is 1. The van der Waals surface area contributed by atoms with Crippen LogP contribution in [0.15, 0.2) is 69.9 Å². The zero-order chi connectivity index (χ0) is 25.9. The van der Waals surface area contributed by atoms with E-state index < -0.39 is 11.6 Å². The molecular formula is C27H27N3O4S2.